The van der Waals surface area contributed by atoms with Gasteiger partial charge in [-0.2, -0.15) is 0 Å². The Labute approximate surface area is 145 Å². The molecule has 0 aliphatic carbocycles. The number of aryl methyl sites for hydroxylation is 2. The molecule has 122 valence electrons. The van der Waals surface area contributed by atoms with Gasteiger partial charge in [0.15, 0.2) is 5.78 Å². The molecule has 0 saturated carbocycles. The van der Waals surface area contributed by atoms with Crippen molar-refractivity contribution in [1.29, 1.82) is 0 Å². The van der Waals surface area contributed by atoms with Crippen LogP contribution >= 0.6 is 0 Å². The second-order valence-electron chi connectivity index (χ2n) is 5.85. The molecule has 0 unspecified atom stereocenters. The molecule has 0 atom stereocenters. The predicted octanol–water partition coefficient (Wildman–Crippen LogP) is 5.63. The van der Waals surface area contributed by atoms with E-state index in [0.717, 1.165) is 46.2 Å². The number of hydrogen-bond donors (Lipinski definition) is 0. The number of allylic oxidation sites excluding steroid dienone is 4. The Morgan fingerprint density at radius 1 is 1.08 bits per heavy atom. The summed E-state index contributed by atoms with van der Waals surface area (Å²) in [4.78, 5) is 13.0. The number of hydrogen-bond acceptors (Lipinski definition) is 1. The van der Waals surface area contributed by atoms with Crippen molar-refractivity contribution in [3.63, 3.8) is 0 Å². The lowest BCUT2D eigenvalue weighted by Crippen LogP contribution is -2.07. The summed E-state index contributed by atoms with van der Waals surface area (Å²) in [5.74, 6) is 0.0969. The average Bonchev–Trinajstić information content (AvgIpc) is 2.62. The molecule has 0 radical (unpaired) electrons. The van der Waals surface area contributed by atoms with E-state index in [1.54, 1.807) is 6.08 Å². The van der Waals surface area contributed by atoms with Crippen molar-refractivity contribution in [2.45, 2.75) is 26.7 Å². The summed E-state index contributed by atoms with van der Waals surface area (Å²) < 4.78 is 0. The monoisotopic (exact) mass is 316 g/mol. The molecule has 2 rings (SSSR count). The van der Waals surface area contributed by atoms with Crippen molar-refractivity contribution < 1.29 is 4.79 Å². The van der Waals surface area contributed by atoms with Crippen LogP contribution in [0.25, 0.3) is 0 Å². The van der Waals surface area contributed by atoms with Crippen molar-refractivity contribution in [3.8, 4) is 0 Å². The topological polar surface area (TPSA) is 17.1 Å². The number of benzene rings is 2. The Morgan fingerprint density at radius 3 is 2.50 bits per heavy atom. The molecule has 2 aromatic carbocycles. The molecule has 0 spiro atoms. The zero-order chi connectivity index (χ0) is 17.5. The molecule has 0 aliphatic rings. The summed E-state index contributed by atoms with van der Waals surface area (Å²) in [6.07, 6.45) is 7.12. The van der Waals surface area contributed by atoms with Crippen LogP contribution in [0.1, 0.15) is 39.5 Å². The second-order valence-corrected chi connectivity index (χ2v) is 5.85. The SMILES string of the molecule is C=C/C=C(\C=C)Cc1ccc(C)c(C(=O)c2ccccc2CC)c1. The maximum absolute atomic E-state index is 13.0. The van der Waals surface area contributed by atoms with Gasteiger partial charge >= 0.3 is 0 Å². The molecule has 0 N–H and O–H groups in total. The zero-order valence-electron chi connectivity index (χ0n) is 14.5. The van der Waals surface area contributed by atoms with E-state index in [1.165, 1.54) is 0 Å². The third-order valence-electron chi connectivity index (χ3n) is 4.19. The highest BCUT2D eigenvalue weighted by Gasteiger charge is 2.15. The standard InChI is InChI=1S/C23H24O/c1-5-10-18(6-2)15-19-14-13-17(4)22(16-19)23(24)21-12-9-8-11-20(21)7-3/h5-6,8-14,16H,1-2,7,15H2,3-4H3/b18-10+. The van der Waals surface area contributed by atoms with E-state index in [4.69, 9.17) is 0 Å². The summed E-state index contributed by atoms with van der Waals surface area (Å²) in [6, 6.07) is 13.9. The summed E-state index contributed by atoms with van der Waals surface area (Å²) >= 11 is 0. The molecular weight excluding hydrogens is 292 g/mol. The zero-order valence-corrected chi connectivity index (χ0v) is 14.5. The highest BCUT2D eigenvalue weighted by atomic mass is 16.1. The smallest absolute Gasteiger partial charge is 0.193 e. The first-order valence-electron chi connectivity index (χ1n) is 8.26. The molecule has 24 heavy (non-hydrogen) atoms. The molecule has 0 heterocycles. The predicted molar refractivity (Wildman–Crippen MR) is 103 cm³/mol. The fraction of sp³-hybridized carbons (Fsp3) is 0.174. The van der Waals surface area contributed by atoms with Gasteiger partial charge in [0, 0.05) is 11.1 Å². The molecule has 1 heteroatoms. The van der Waals surface area contributed by atoms with Gasteiger partial charge in [0.2, 0.25) is 0 Å². The molecule has 0 fully saturated rings. The highest BCUT2D eigenvalue weighted by molar-refractivity contribution is 6.10. The van der Waals surface area contributed by atoms with Gasteiger partial charge in [0.1, 0.15) is 0 Å². The van der Waals surface area contributed by atoms with Gasteiger partial charge in [0.25, 0.3) is 0 Å². The molecule has 0 bridgehead atoms. The fourth-order valence-electron chi connectivity index (χ4n) is 2.81. The number of carbonyl (C=O) groups is 1. The lowest BCUT2D eigenvalue weighted by atomic mass is 9.92. The normalized spacial score (nSPS) is 11.2. The van der Waals surface area contributed by atoms with E-state index in [1.807, 2.05) is 55.5 Å². The first-order valence-corrected chi connectivity index (χ1v) is 8.26. The lowest BCUT2D eigenvalue weighted by Gasteiger charge is -2.11. The van der Waals surface area contributed by atoms with Crippen molar-refractivity contribution in [2.75, 3.05) is 0 Å². The minimum absolute atomic E-state index is 0.0969. The van der Waals surface area contributed by atoms with E-state index in [-0.39, 0.29) is 5.78 Å². The molecule has 0 aromatic heterocycles. The van der Waals surface area contributed by atoms with E-state index >= 15 is 0 Å². The molecular formula is C23H24O. The average molecular weight is 316 g/mol. The van der Waals surface area contributed by atoms with Crippen molar-refractivity contribution in [1.82, 2.24) is 0 Å². The molecule has 0 saturated heterocycles. The van der Waals surface area contributed by atoms with Crippen LogP contribution in [0.5, 0.6) is 0 Å². The highest BCUT2D eigenvalue weighted by Crippen LogP contribution is 2.21. The maximum Gasteiger partial charge on any atom is 0.193 e. The van der Waals surface area contributed by atoms with Gasteiger partial charge in [-0.25, -0.2) is 0 Å². The summed E-state index contributed by atoms with van der Waals surface area (Å²) in [5.41, 5.74) is 5.85. The summed E-state index contributed by atoms with van der Waals surface area (Å²) in [7, 11) is 0. The summed E-state index contributed by atoms with van der Waals surface area (Å²) in [5, 5.41) is 0. The van der Waals surface area contributed by atoms with Crippen LogP contribution in [-0.4, -0.2) is 5.78 Å². The molecule has 0 aliphatic heterocycles. The fourth-order valence-corrected chi connectivity index (χ4v) is 2.81. The Bertz CT molecular complexity index is 793. The van der Waals surface area contributed by atoms with Gasteiger partial charge < -0.3 is 0 Å². The van der Waals surface area contributed by atoms with Crippen LogP contribution in [0, 0.1) is 6.92 Å². The van der Waals surface area contributed by atoms with Gasteiger partial charge in [-0.05, 0) is 48.1 Å². The lowest BCUT2D eigenvalue weighted by molar-refractivity contribution is 0.103. The number of rotatable bonds is 7. The third-order valence-corrected chi connectivity index (χ3v) is 4.19. The first kappa shape index (κ1) is 17.7. The van der Waals surface area contributed by atoms with Crippen LogP contribution in [0.3, 0.4) is 0 Å². The van der Waals surface area contributed by atoms with Crippen molar-refractivity contribution in [3.05, 3.63) is 107 Å². The van der Waals surface area contributed by atoms with Crippen LogP contribution in [0.4, 0.5) is 0 Å². The van der Waals surface area contributed by atoms with Crippen LogP contribution in [-0.2, 0) is 12.8 Å². The minimum Gasteiger partial charge on any atom is -0.289 e. The van der Waals surface area contributed by atoms with Crippen molar-refractivity contribution >= 4 is 5.78 Å². The van der Waals surface area contributed by atoms with E-state index < -0.39 is 0 Å². The van der Waals surface area contributed by atoms with Crippen LogP contribution < -0.4 is 0 Å². The largest absolute Gasteiger partial charge is 0.289 e. The minimum atomic E-state index is 0.0969. The van der Waals surface area contributed by atoms with E-state index in [2.05, 4.69) is 26.1 Å². The maximum atomic E-state index is 13.0. The Hall–Kier alpha value is -2.67. The van der Waals surface area contributed by atoms with Gasteiger partial charge in [0.05, 0.1) is 0 Å². The molecule has 1 nitrogen and oxygen atoms in total. The quantitative estimate of drug-likeness (QED) is 0.478. The van der Waals surface area contributed by atoms with Gasteiger partial charge in [-0.15, -0.1) is 0 Å². The van der Waals surface area contributed by atoms with Crippen LogP contribution in [0.2, 0.25) is 0 Å². The molecule has 0 amide bonds. The Morgan fingerprint density at radius 2 is 1.83 bits per heavy atom. The Kier molecular flexibility index (Phi) is 6.08. The third kappa shape index (κ3) is 3.99. The second kappa shape index (κ2) is 8.26. The first-order chi connectivity index (χ1) is 11.6. The summed E-state index contributed by atoms with van der Waals surface area (Å²) in [6.45, 7) is 11.6. The number of carbonyl (C=O) groups excluding carboxylic acids is 1. The number of ketones is 1. The Balaban J connectivity index is 2.41. The molecule has 2 aromatic rings. The van der Waals surface area contributed by atoms with Crippen molar-refractivity contribution in [2.24, 2.45) is 0 Å². The van der Waals surface area contributed by atoms with Crippen LogP contribution in [0.15, 0.2) is 79.4 Å². The van der Waals surface area contributed by atoms with E-state index in [9.17, 15) is 4.79 Å². The van der Waals surface area contributed by atoms with Gasteiger partial charge in [-0.3, -0.25) is 4.79 Å². The van der Waals surface area contributed by atoms with Gasteiger partial charge in [-0.1, -0.05) is 74.7 Å². The van der Waals surface area contributed by atoms with E-state index in [0.29, 0.717) is 0 Å².